The summed E-state index contributed by atoms with van der Waals surface area (Å²) in [6.07, 6.45) is 0. The molecule has 4 aromatic rings. The van der Waals surface area contributed by atoms with Crippen LogP contribution >= 0.6 is 0 Å². The third kappa shape index (κ3) is 6.02. The average molecular weight is 386 g/mol. The van der Waals surface area contributed by atoms with Gasteiger partial charge in [0.1, 0.15) is 0 Å². The molecule has 5 heteroatoms. The van der Waals surface area contributed by atoms with Crippen molar-refractivity contribution in [3.8, 4) is 22.3 Å². The zero-order valence-electron chi connectivity index (χ0n) is 16.0. The number of hydrogen-bond acceptors (Lipinski definition) is 4. The summed E-state index contributed by atoms with van der Waals surface area (Å²) in [5.41, 5.74) is 30.0. The van der Waals surface area contributed by atoms with Crippen LogP contribution in [-0.2, 0) is 0 Å². The topological polar surface area (TPSA) is 136 Å². The Morgan fingerprint density at radius 1 is 0.345 bits per heavy atom. The van der Waals surface area contributed by atoms with Crippen LogP contribution in [0.2, 0.25) is 0 Å². The van der Waals surface area contributed by atoms with Crippen LogP contribution in [0.3, 0.4) is 0 Å². The Balaban J connectivity index is 0.000000200. The maximum absolute atomic E-state index is 5.72. The highest BCUT2D eigenvalue weighted by Crippen LogP contribution is 2.25. The van der Waals surface area contributed by atoms with Crippen LogP contribution in [0.15, 0.2) is 97.1 Å². The molecule has 0 aromatic heterocycles. The molecule has 0 radical (unpaired) electrons. The molecule has 0 saturated heterocycles. The Kier molecular flexibility index (Phi) is 7.23. The van der Waals surface area contributed by atoms with Gasteiger partial charge in [-0.05, 0) is 58.7 Å². The molecule has 0 fully saturated rings. The predicted molar refractivity (Wildman–Crippen MR) is 125 cm³/mol. The minimum absolute atomic E-state index is 0. The van der Waals surface area contributed by atoms with E-state index in [0.717, 1.165) is 22.3 Å². The first-order valence-electron chi connectivity index (χ1n) is 8.94. The van der Waals surface area contributed by atoms with Crippen LogP contribution in [-0.4, -0.2) is 5.48 Å². The Morgan fingerprint density at radius 3 is 0.897 bits per heavy atom. The van der Waals surface area contributed by atoms with Gasteiger partial charge in [0.2, 0.25) is 0 Å². The van der Waals surface area contributed by atoms with Crippen LogP contribution in [0.4, 0.5) is 22.7 Å². The van der Waals surface area contributed by atoms with Crippen molar-refractivity contribution in [2.75, 3.05) is 22.9 Å². The number of nitrogen functional groups attached to an aromatic ring is 4. The molecule has 4 rings (SSSR count). The minimum Gasteiger partial charge on any atom is -0.412 e. The third-order valence-electron chi connectivity index (χ3n) is 4.17. The lowest BCUT2D eigenvalue weighted by Crippen LogP contribution is -1.91. The summed E-state index contributed by atoms with van der Waals surface area (Å²) < 4.78 is 0. The van der Waals surface area contributed by atoms with Gasteiger partial charge in [0.05, 0.1) is 0 Å². The van der Waals surface area contributed by atoms with Crippen molar-refractivity contribution >= 4 is 22.7 Å². The van der Waals surface area contributed by atoms with Gasteiger partial charge >= 0.3 is 0 Å². The van der Waals surface area contributed by atoms with Gasteiger partial charge in [-0.25, -0.2) is 0 Å². The lowest BCUT2D eigenvalue weighted by Gasteiger charge is -2.04. The summed E-state index contributed by atoms with van der Waals surface area (Å²) in [4.78, 5) is 0. The van der Waals surface area contributed by atoms with Crippen LogP contribution < -0.4 is 22.9 Å². The fraction of sp³-hybridized carbons (Fsp3) is 0. The van der Waals surface area contributed by atoms with Gasteiger partial charge in [-0.3, -0.25) is 0 Å². The zero-order chi connectivity index (χ0) is 19.9. The average Bonchev–Trinajstić information content (AvgIpc) is 2.68. The second kappa shape index (κ2) is 9.82. The van der Waals surface area contributed by atoms with E-state index in [-0.39, 0.29) is 5.48 Å². The highest BCUT2D eigenvalue weighted by Gasteiger charge is 1.99. The molecular formula is C24H26N4O. The molecule has 29 heavy (non-hydrogen) atoms. The standard InChI is InChI=1S/2C12H12N2.H2O/c2*13-11-6-10(7-12(14)8-11)9-4-2-1-3-5-9;/h2*1-8H,13-14H2;1H2. The molecule has 0 heterocycles. The van der Waals surface area contributed by atoms with E-state index in [1.165, 1.54) is 0 Å². The van der Waals surface area contributed by atoms with E-state index in [0.29, 0.717) is 22.7 Å². The molecule has 0 aliphatic heterocycles. The van der Waals surface area contributed by atoms with E-state index >= 15 is 0 Å². The fourth-order valence-electron chi connectivity index (χ4n) is 2.95. The van der Waals surface area contributed by atoms with Gasteiger partial charge < -0.3 is 28.4 Å². The molecule has 148 valence electrons. The van der Waals surface area contributed by atoms with E-state index in [1.807, 2.05) is 84.9 Å². The Labute approximate surface area is 170 Å². The van der Waals surface area contributed by atoms with Crippen LogP contribution in [0.25, 0.3) is 22.3 Å². The minimum atomic E-state index is 0. The molecule has 5 nitrogen and oxygen atoms in total. The number of rotatable bonds is 2. The van der Waals surface area contributed by atoms with Crippen molar-refractivity contribution in [2.24, 2.45) is 0 Å². The van der Waals surface area contributed by atoms with E-state index < -0.39 is 0 Å². The summed E-state index contributed by atoms with van der Waals surface area (Å²) in [5.74, 6) is 0. The van der Waals surface area contributed by atoms with Crippen molar-refractivity contribution in [1.29, 1.82) is 0 Å². The quantitative estimate of drug-likeness (QED) is 0.384. The number of hydrogen-bond donors (Lipinski definition) is 4. The molecule has 0 unspecified atom stereocenters. The molecule has 0 bridgehead atoms. The van der Waals surface area contributed by atoms with Gasteiger partial charge in [-0.2, -0.15) is 0 Å². The molecule has 0 saturated carbocycles. The Bertz CT molecular complexity index is 923. The lowest BCUT2D eigenvalue weighted by atomic mass is 10.0. The van der Waals surface area contributed by atoms with Crippen LogP contribution in [0.5, 0.6) is 0 Å². The van der Waals surface area contributed by atoms with Gasteiger partial charge in [0.25, 0.3) is 0 Å². The molecule has 0 spiro atoms. The first-order valence-corrected chi connectivity index (χ1v) is 8.94. The van der Waals surface area contributed by atoms with Gasteiger partial charge in [-0.1, -0.05) is 60.7 Å². The number of benzene rings is 4. The van der Waals surface area contributed by atoms with Crippen molar-refractivity contribution in [2.45, 2.75) is 0 Å². The van der Waals surface area contributed by atoms with E-state index in [1.54, 1.807) is 12.1 Å². The Hall–Kier alpha value is -3.96. The summed E-state index contributed by atoms with van der Waals surface area (Å²) in [6, 6.07) is 31.3. The molecular weight excluding hydrogens is 360 g/mol. The third-order valence-corrected chi connectivity index (χ3v) is 4.17. The van der Waals surface area contributed by atoms with E-state index in [9.17, 15) is 0 Å². The van der Waals surface area contributed by atoms with E-state index in [4.69, 9.17) is 22.9 Å². The molecule has 0 aliphatic carbocycles. The smallest absolute Gasteiger partial charge is 0.0340 e. The highest BCUT2D eigenvalue weighted by atomic mass is 16.0. The first kappa shape index (κ1) is 21.3. The van der Waals surface area contributed by atoms with E-state index in [2.05, 4.69) is 0 Å². The summed E-state index contributed by atoms with van der Waals surface area (Å²) in [7, 11) is 0. The highest BCUT2D eigenvalue weighted by molar-refractivity contribution is 5.73. The summed E-state index contributed by atoms with van der Waals surface area (Å²) >= 11 is 0. The van der Waals surface area contributed by atoms with Crippen molar-refractivity contribution in [3.05, 3.63) is 97.1 Å². The maximum Gasteiger partial charge on any atom is 0.0340 e. The summed E-state index contributed by atoms with van der Waals surface area (Å²) in [5, 5.41) is 0. The van der Waals surface area contributed by atoms with Crippen molar-refractivity contribution in [3.63, 3.8) is 0 Å². The first-order chi connectivity index (χ1) is 13.5. The van der Waals surface area contributed by atoms with Gasteiger partial charge in [0.15, 0.2) is 0 Å². The van der Waals surface area contributed by atoms with Crippen molar-refractivity contribution in [1.82, 2.24) is 0 Å². The molecule has 0 amide bonds. The number of nitrogens with two attached hydrogens (primary N) is 4. The van der Waals surface area contributed by atoms with Gasteiger partial charge in [-0.15, -0.1) is 0 Å². The largest absolute Gasteiger partial charge is 0.412 e. The monoisotopic (exact) mass is 386 g/mol. The normalized spacial score (nSPS) is 9.66. The van der Waals surface area contributed by atoms with Crippen molar-refractivity contribution < 1.29 is 5.48 Å². The lowest BCUT2D eigenvalue weighted by molar-refractivity contribution is 0.824. The second-order valence-electron chi connectivity index (χ2n) is 6.51. The molecule has 10 N–H and O–H groups in total. The zero-order valence-corrected chi connectivity index (χ0v) is 16.0. The predicted octanol–water partition coefficient (Wildman–Crippen LogP) is 4.21. The van der Waals surface area contributed by atoms with Gasteiger partial charge in [0, 0.05) is 22.7 Å². The molecule has 0 aliphatic rings. The SMILES string of the molecule is Nc1cc(N)cc(-c2ccccc2)c1.Nc1cc(N)cc(-c2ccccc2)c1.O. The molecule has 4 aromatic carbocycles. The fourth-order valence-corrected chi connectivity index (χ4v) is 2.95. The number of anilines is 4. The second-order valence-corrected chi connectivity index (χ2v) is 6.51. The summed E-state index contributed by atoms with van der Waals surface area (Å²) in [6.45, 7) is 0. The van der Waals surface area contributed by atoms with Crippen LogP contribution in [0.1, 0.15) is 0 Å². The maximum atomic E-state index is 5.72. The van der Waals surface area contributed by atoms with Crippen LogP contribution in [0, 0.1) is 0 Å². The Morgan fingerprint density at radius 2 is 0.621 bits per heavy atom. The molecule has 0 atom stereocenters.